The van der Waals surface area contributed by atoms with E-state index in [0.717, 1.165) is 44.8 Å². The van der Waals surface area contributed by atoms with Crippen LogP contribution in [0.15, 0.2) is 24.3 Å². The van der Waals surface area contributed by atoms with Crippen molar-refractivity contribution in [2.24, 2.45) is 0 Å². The molecular formula is C15H20O3. The standard InChI is InChI=1S/C15H20O3/c1-12-3-2-4-13(9-12)18-14-5-7-17-15(10-14)6-8-16-11-15/h2-4,9,14H,5-8,10-11H2,1H3. The Labute approximate surface area is 108 Å². The lowest BCUT2D eigenvalue weighted by Gasteiger charge is -2.37. The second-order valence-electron chi connectivity index (χ2n) is 5.38. The fourth-order valence-corrected chi connectivity index (χ4v) is 2.83. The molecular weight excluding hydrogens is 228 g/mol. The van der Waals surface area contributed by atoms with Crippen molar-refractivity contribution >= 4 is 0 Å². The minimum atomic E-state index is -0.0766. The van der Waals surface area contributed by atoms with Gasteiger partial charge in [-0.3, -0.25) is 0 Å². The third-order valence-electron chi connectivity index (χ3n) is 3.81. The Morgan fingerprint density at radius 1 is 1.33 bits per heavy atom. The van der Waals surface area contributed by atoms with Gasteiger partial charge in [0.2, 0.25) is 0 Å². The summed E-state index contributed by atoms with van der Waals surface area (Å²) in [5, 5.41) is 0. The Balaban J connectivity index is 1.66. The third-order valence-corrected chi connectivity index (χ3v) is 3.81. The van der Waals surface area contributed by atoms with Gasteiger partial charge in [-0.15, -0.1) is 0 Å². The highest BCUT2D eigenvalue weighted by Gasteiger charge is 2.41. The number of rotatable bonds is 2. The zero-order chi connectivity index (χ0) is 12.4. The Morgan fingerprint density at radius 2 is 2.28 bits per heavy atom. The fraction of sp³-hybridized carbons (Fsp3) is 0.600. The zero-order valence-electron chi connectivity index (χ0n) is 10.9. The maximum absolute atomic E-state index is 6.09. The minimum absolute atomic E-state index is 0.0766. The van der Waals surface area contributed by atoms with Gasteiger partial charge in [0.1, 0.15) is 11.9 Å². The highest BCUT2D eigenvalue weighted by molar-refractivity contribution is 5.27. The molecule has 2 atom stereocenters. The summed E-state index contributed by atoms with van der Waals surface area (Å²) in [6.45, 7) is 4.40. The van der Waals surface area contributed by atoms with Gasteiger partial charge in [-0.2, -0.15) is 0 Å². The maximum Gasteiger partial charge on any atom is 0.119 e. The van der Waals surface area contributed by atoms with Crippen LogP contribution < -0.4 is 4.74 Å². The lowest BCUT2D eigenvalue weighted by molar-refractivity contribution is -0.112. The fourth-order valence-electron chi connectivity index (χ4n) is 2.83. The summed E-state index contributed by atoms with van der Waals surface area (Å²) in [4.78, 5) is 0. The van der Waals surface area contributed by atoms with Crippen molar-refractivity contribution in [3.63, 3.8) is 0 Å². The molecule has 0 amide bonds. The van der Waals surface area contributed by atoms with Crippen molar-refractivity contribution in [3.8, 4) is 5.75 Å². The van der Waals surface area contributed by atoms with Crippen molar-refractivity contribution in [1.82, 2.24) is 0 Å². The molecule has 2 saturated heterocycles. The molecule has 1 aromatic carbocycles. The van der Waals surface area contributed by atoms with Gasteiger partial charge in [0.05, 0.1) is 18.8 Å². The quantitative estimate of drug-likeness (QED) is 0.805. The summed E-state index contributed by atoms with van der Waals surface area (Å²) in [5.41, 5.74) is 1.16. The van der Waals surface area contributed by atoms with E-state index < -0.39 is 0 Å². The summed E-state index contributed by atoms with van der Waals surface area (Å²) >= 11 is 0. The Kier molecular flexibility index (Phi) is 3.27. The van der Waals surface area contributed by atoms with Crippen LogP contribution in [0, 0.1) is 6.92 Å². The first-order valence-corrected chi connectivity index (χ1v) is 6.71. The first-order valence-electron chi connectivity index (χ1n) is 6.71. The Morgan fingerprint density at radius 3 is 3.06 bits per heavy atom. The van der Waals surface area contributed by atoms with Crippen LogP contribution in [0.5, 0.6) is 5.75 Å². The first-order chi connectivity index (χ1) is 8.76. The molecule has 0 saturated carbocycles. The van der Waals surface area contributed by atoms with E-state index >= 15 is 0 Å². The summed E-state index contributed by atoms with van der Waals surface area (Å²) in [6.07, 6.45) is 3.17. The molecule has 3 rings (SSSR count). The topological polar surface area (TPSA) is 27.7 Å². The first kappa shape index (κ1) is 12.0. The van der Waals surface area contributed by atoms with Crippen molar-refractivity contribution < 1.29 is 14.2 Å². The normalized spacial score (nSPS) is 31.7. The molecule has 3 heteroatoms. The molecule has 0 N–H and O–H groups in total. The highest BCUT2D eigenvalue weighted by Crippen LogP contribution is 2.34. The van der Waals surface area contributed by atoms with Crippen molar-refractivity contribution in [1.29, 1.82) is 0 Å². The molecule has 0 bridgehead atoms. The third kappa shape index (κ3) is 2.52. The average molecular weight is 248 g/mol. The molecule has 1 spiro atoms. The molecule has 2 aliphatic heterocycles. The van der Waals surface area contributed by atoms with E-state index in [-0.39, 0.29) is 11.7 Å². The Bertz CT molecular complexity index is 410. The van der Waals surface area contributed by atoms with Crippen molar-refractivity contribution in [3.05, 3.63) is 29.8 Å². The van der Waals surface area contributed by atoms with E-state index in [1.54, 1.807) is 0 Å². The molecule has 98 valence electrons. The van der Waals surface area contributed by atoms with Gasteiger partial charge in [0, 0.05) is 25.9 Å². The van der Waals surface area contributed by atoms with Crippen LogP contribution in [0.4, 0.5) is 0 Å². The SMILES string of the molecule is Cc1cccc(OC2CCOC3(CCOC3)C2)c1. The molecule has 18 heavy (non-hydrogen) atoms. The molecule has 2 unspecified atom stereocenters. The molecule has 2 aliphatic rings. The van der Waals surface area contributed by atoms with Crippen LogP contribution in [-0.2, 0) is 9.47 Å². The molecule has 2 fully saturated rings. The van der Waals surface area contributed by atoms with E-state index in [9.17, 15) is 0 Å². The predicted molar refractivity (Wildman–Crippen MR) is 68.9 cm³/mol. The monoisotopic (exact) mass is 248 g/mol. The molecule has 2 heterocycles. The Hall–Kier alpha value is -1.06. The number of hydrogen-bond donors (Lipinski definition) is 0. The molecule has 1 aromatic rings. The second-order valence-corrected chi connectivity index (χ2v) is 5.38. The molecule has 0 aliphatic carbocycles. The predicted octanol–water partition coefficient (Wildman–Crippen LogP) is 2.71. The lowest BCUT2D eigenvalue weighted by atomic mass is 9.91. The van der Waals surface area contributed by atoms with Crippen LogP contribution in [-0.4, -0.2) is 31.5 Å². The highest BCUT2D eigenvalue weighted by atomic mass is 16.6. The number of aryl methyl sites for hydroxylation is 1. The minimum Gasteiger partial charge on any atom is -0.490 e. The van der Waals surface area contributed by atoms with E-state index in [1.807, 2.05) is 12.1 Å². The van der Waals surface area contributed by atoms with E-state index in [0.29, 0.717) is 0 Å². The second kappa shape index (κ2) is 4.90. The van der Waals surface area contributed by atoms with E-state index in [2.05, 4.69) is 19.1 Å². The zero-order valence-corrected chi connectivity index (χ0v) is 10.9. The van der Waals surface area contributed by atoms with Crippen molar-refractivity contribution in [2.45, 2.75) is 37.9 Å². The van der Waals surface area contributed by atoms with E-state index in [1.165, 1.54) is 5.56 Å². The van der Waals surface area contributed by atoms with Crippen LogP contribution in [0.25, 0.3) is 0 Å². The largest absolute Gasteiger partial charge is 0.490 e. The van der Waals surface area contributed by atoms with Gasteiger partial charge in [-0.1, -0.05) is 12.1 Å². The molecule has 0 radical (unpaired) electrons. The van der Waals surface area contributed by atoms with E-state index in [4.69, 9.17) is 14.2 Å². The van der Waals surface area contributed by atoms with Crippen LogP contribution in [0.3, 0.4) is 0 Å². The number of benzene rings is 1. The van der Waals surface area contributed by atoms with Gasteiger partial charge in [0.15, 0.2) is 0 Å². The number of hydrogen-bond acceptors (Lipinski definition) is 3. The van der Waals surface area contributed by atoms with Crippen LogP contribution in [0.1, 0.15) is 24.8 Å². The number of ether oxygens (including phenoxy) is 3. The van der Waals surface area contributed by atoms with Gasteiger partial charge < -0.3 is 14.2 Å². The summed E-state index contributed by atoms with van der Waals surface area (Å²) < 4.78 is 17.5. The molecule has 3 nitrogen and oxygen atoms in total. The van der Waals surface area contributed by atoms with Gasteiger partial charge in [0.25, 0.3) is 0 Å². The van der Waals surface area contributed by atoms with Crippen molar-refractivity contribution in [2.75, 3.05) is 19.8 Å². The summed E-state index contributed by atoms with van der Waals surface area (Å²) in [5.74, 6) is 0.968. The van der Waals surface area contributed by atoms with Crippen LogP contribution >= 0.6 is 0 Å². The average Bonchev–Trinajstić information content (AvgIpc) is 2.77. The summed E-state index contributed by atoms with van der Waals surface area (Å²) in [7, 11) is 0. The summed E-state index contributed by atoms with van der Waals surface area (Å²) in [6, 6.07) is 8.25. The smallest absolute Gasteiger partial charge is 0.119 e. The van der Waals surface area contributed by atoms with Gasteiger partial charge in [-0.05, 0) is 24.6 Å². The van der Waals surface area contributed by atoms with Crippen LogP contribution in [0.2, 0.25) is 0 Å². The molecule has 0 aromatic heterocycles. The maximum atomic E-state index is 6.09. The lowest BCUT2D eigenvalue weighted by Crippen LogP contribution is -2.44. The van der Waals surface area contributed by atoms with Gasteiger partial charge >= 0.3 is 0 Å². The van der Waals surface area contributed by atoms with Gasteiger partial charge in [-0.25, -0.2) is 0 Å².